The van der Waals surface area contributed by atoms with Gasteiger partial charge in [-0.2, -0.15) is 0 Å². The van der Waals surface area contributed by atoms with Crippen molar-refractivity contribution in [1.82, 2.24) is 9.80 Å². The minimum Gasteiger partial charge on any atom is -0.371 e. The van der Waals surface area contributed by atoms with Crippen LogP contribution in [0.2, 0.25) is 0 Å². The van der Waals surface area contributed by atoms with Crippen LogP contribution < -0.4 is 0 Å². The van der Waals surface area contributed by atoms with Crippen molar-refractivity contribution in [2.75, 3.05) is 33.2 Å². The van der Waals surface area contributed by atoms with Crippen molar-refractivity contribution in [3.8, 4) is 0 Å². The minimum atomic E-state index is 0.118. The molecular formula is C17H24N2O2. The number of fused-ring (bicyclic) bond motifs is 1. The first-order valence-electron chi connectivity index (χ1n) is 7.87. The number of nitrogens with zero attached hydrogens (tertiary/aromatic N) is 2. The van der Waals surface area contributed by atoms with Gasteiger partial charge in [0.25, 0.3) is 0 Å². The van der Waals surface area contributed by atoms with Crippen LogP contribution in [-0.2, 0) is 22.6 Å². The molecule has 0 bridgehead atoms. The van der Waals surface area contributed by atoms with Crippen molar-refractivity contribution in [2.45, 2.75) is 32.0 Å². The molecule has 1 fully saturated rings. The molecule has 21 heavy (non-hydrogen) atoms. The Morgan fingerprint density at radius 3 is 2.76 bits per heavy atom. The standard InChI is InChI=1S/C17H24N2O2/c1-18(17(20)12-19-8-4-5-9-19)11-16-10-14-6-2-3-7-15(14)13-21-16/h2-3,6-7,16H,4-5,8-13H2,1H3. The smallest absolute Gasteiger partial charge is 0.236 e. The van der Waals surface area contributed by atoms with E-state index in [9.17, 15) is 4.79 Å². The fourth-order valence-electron chi connectivity index (χ4n) is 3.19. The first kappa shape index (κ1) is 14.5. The summed E-state index contributed by atoms with van der Waals surface area (Å²) in [6.07, 6.45) is 3.46. The monoisotopic (exact) mass is 288 g/mol. The molecule has 3 rings (SSSR count). The van der Waals surface area contributed by atoms with Gasteiger partial charge in [0.15, 0.2) is 0 Å². The molecular weight excluding hydrogens is 264 g/mol. The van der Waals surface area contributed by atoms with Gasteiger partial charge in [0, 0.05) is 20.0 Å². The van der Waals surface area contributed by atoms with Crippen molar-refractivity contribution >= 4 is 5.91 Å². The lowest BCUT2D eigenvalue weighted by atomic mass is 9.99. The summed E-state index contributed by atoms with van der Waals surface area (Å²) >= 11 is 0. The zero-order valence-electron chi connectivity index (χ0n) is 12.8. The predicted molar refractivity (Wildman–Crippen MR) is 82.0 cm³/mol. The first-order valence-corrected chi connectivity index (χ1v) is 7.87. The summed E-state index contributed by atoms with van der Waals surface area (Å²) in [5, 5.41) is 0. The molecule has 1 aromatic rings. The average Bonchev–Trinajstić information content (AvgIpc) is 3.00. The van der Waals surface area contributed by atoms with Gasteiger partial charge >= 0.3 is 0 Å². The van der Waals surface area contributed by atoms with E-state index in [2.05, 4.69) is 23.1 Å². The molecule has 1 saturated heterocycles. The van der Waals surface area contributed by atoms with E-state index in [0.29, 0.717) is 19.7 Å². The van der Waals surface area contributed by atoms with E-state index >= 15 is 0 Å². The fourth-order valence-corrected chi connectivity index (χ4v) is 3.19. The van der Waals surface area contributed by atoms with Gasteiger partial charge in [-0.15, -0.1) is 0 Å². The summed E-state index contributed by atoms with van der Waals surface area (Å²) in [6, 6.07) is 8.41. The summed E-state index contributed by atoms with van der Waals surface area (Å²) in [5.74, 6) is 0.208. The van der Waals surface area contributed by atoms with Gasteiger partial charge in [-0.05, 0) is 37.1 Å². The van der Waals surface area contributed by atoms with Crippen LogP contribution in [-0.4, -0.2) is 55.0 Å². The Hall–Kier alpha value is -1.39. The highest BCUT2D eigenvalue weighted by Crippen LogP contribution is 2.20. The number of ether oxygens (including phenoxy) is 1. The Morgan fingerprint density at radius 1 is 1.29 bits per heavy atom. The molecule has 1 amide bonds. The van der Waals surface area contributed by atoms with Crippen LogP contribution in [0.1, 0.15) is 24.0 Å². The van der Waals surface area contributed by atoms with Crippen LogP contribution >= 0.6 is 0 Å². The second kappa shape index (κ2) is 6.58. The summed E-state index contributed by atoms with van der Waals surface area (Å²) in [6.45, 7) is 4.02. The van der Waals surface area contributed by atoms with Gasteiger partial charge in [-0.3, -0.25) is 9.69 Å². The van der Waals surface area contributed by atoms with Gasteiger partial charge < -0.3 is 9.64 Å². The third-order valence-electron chi connectivity index (χ3n) is 4.50. The zero-order chi connectivity index (χ0) is 14.7. The normalized spacial score (nSPS) is 22.0. The van der Waals surface area contributed by atoms with Crippen LogP contribution in [0.4, 0.5) is 0 Å². The largest absolute Gasteiger partial charge is 0.371 e. The van der Waals surface area contributed by atoms with Crippen LogP contribution in [0, 0.1) is 0 Å². The maximum atomic E-state index is 12.2. The molecule has 4 nitrogen and oxygen atoms in total. The van der Waals surface area contributed by atoms with Crippen molar-refractivity contribution < 1.29 is 9.53 Å². The van der Waals surface area contributed by atoms with E-state index in [1.165, 1.54) is 24.0 Å². The molecule has 1 atom stereocenters. The predicted octanol–water partition coefficient (Wildman–Crippen LogP) is 1.68. The van der Waals surface area contributed by atoms with Gasteiger partial charge in [-0.25, -0.2) is 0 Å². The number of carbonyl (C=O) groups is 1. The summed E-state index contributed by atoms with van der Waals surface area (Å²) < 4.78 is 5.89. The molecule has 4 heteroatoms. The van der Waals surface area contributed by atoms with E-state index in [4.69, 9.17) is 4.74 Å². The van der Waals surface area contributed by atoms with E-state index < -0.39 is 0 Å². The van der Waals surface area contributed by atoms with Gasteiger partial charge in [0.05, 0.1) is 19.3 Å². The Kier molecular flexibility index (Phi) is 4.56. The summed E-state index contributed by atoms with van der Waals surface area (Å²) in [5.41, 5.74) is 2.63. The highest BCUT2D eigenvalue weighted by molar-refractivity contribution is 5.78. The SMILES string of the molecule is CN(CC1Cc2ccccc2CO1)C(=O)CN1CCCC1. The number of amides is 1. The first-order chi connectivity index (χ1) is 10.2. The van der Waals surface area contributed by atoms with Crippen LogP contribution in [0.25, 0.3) is 0 Å². The van der Waals surface area contributed by atoms with Crippen LogP contribution in [0.5, 0.6) is 0 Å². The number of likely N-dealkylation sites (tertiary alicyclic amines) is 1. The van der Waals surface area contributed by atoms with Gasteiger partial charge in [0.1, 0.15) is 0 Å². The highest BCUT2D eigenvalue weighted by Gasteiger charge is 2.23. The van der Waals surface area contributed by atoms with Gasteiger partial charge in [-0.1, -0.05) is 24.3 Å². The molecule has 0 N–H and O–H groups in total. The molecule has 1 unspecified atom stereocenters. The minimum absolute atomic E-state index is 0.118. The molecule has 0 spiro atoms. The van der Waals surface area contributed by atoms with Crippen molar-refractivity contribution in [1.29, 1.82) is 0 Å². The number of benzene rings is 1. The van der Waals surface area contributed by atoms with E-state index in [1.54, 1.807) is 0 Å². The van der Waals surface area contributed by atoms with Crippen molar-refractivity contribution in [3.05, 3.63) is 35.4 Å². The molecule has 2 aliphatic heterocycles. The quantitative estimate of drug-likeness (QED) is 0.845. The lowest BCUT2D eigenvalue weighted by molar-refractivity contribution is -0.133. The van der Waals surface area contributed by atoms with Gasteiger partial charge in [0.2, 0.25) is 5.91 Å². The molecule has 2 heterocycles. The van der Waals surface area contributed by atoms with E-state index in [-0.39, 0.29) is 12.0 Å². The molecule has 0 aromatic heterocycles. The molecule has 2 aliphatic rings. The maximum absolute atomic E-state index is 12.2. The average molecular weight is 288 g/mol. The Morgan fingerprint density at radius 2 is 2.00 bits per heavy atom. The van der Waals surface area contributed by atoms with Crippen molar-refractivity contribution in [3.63, 3.8) is 0 Å². The number of hydrogen-bond acceptors (Lipinski definition) is 3. The van der Waals surface area contributed by atoms with Crippen molar-refractivity contribution in [2.24, 2.45) is 0 Å². The maximum Gasteiger partial charge on any atom is 0.236 e. The topological polar surface area (TPSA) is 32.8 Å². The molecule has 0 aliphatic carbocycles. The Labute approximate surface area is 126 Å². The molecule has 0 radical (unpaired) electrons. The van der Waals surface area contributed by atoms with Crippen LogP contribution in [0.3, 0.4) is 0 Å². The fraction of sp³-hybridized carbons (Fsp3) is 0.588. The summed E-state index contributed by atoms with van der Waals surface area (Å²) in [4.78, 5) is 16.3. The lowest BCUT2D eigenvalue weighted by Gasteiger charge is -2.29. The lowest BCUT2D eigenvalue weighted by Crippen LogP contribution is -2.42. The Bertz CT molecular complexity index is 497. The third kappa shape index (κ3) is 3.63. The second-order valence-electron chi connectivity index (χ2n) is 6.16. The third-order valence-corrected chi connectivity index (χ3v) is 4.50. The number of likely N-dealkylation sites (N-methyl/N-ethyl adjacent to an activating group) is 1. The van der Waals surface area contributed by atoms with Crippen LogP contribution in [0.15, 0.2) is 24.3 Å². The highest BCUT2D eigenvalue weighted by atomic mass is 16.5. The molecule has 114 valence electrons. The number of rotatable bonds is 4. The summed E-state index contributed by atoms with van der Waals surface area (Å²) in [7, 11) is 1.89. The van der Waals surface area contributed by atoms with E-state index in [0.717, 1.165) is 19.5 Å². The number of carbonyl (C=O) groups excluding carboxylic acids is 1. The molecule has 0 saturated carbocycles. The van der Waals surface area contributed by atoms with E-state index in [1.807, 2.05) is 18.0 Å². The zero-order valence-corrected chi connectivity index (χ0v) is 12.8. The molecule has 1 aromatic carbocycles. The second-order valence-corrected chi connectivity index (χ2v) is 6.16. The Balaban J connectivity index is 1.51. The number of hydrogen-bond donors (Lipinski definition) is 0.